The molecule has 2 aromatic heterocycles. The highest BCUT2D eigenvalue weighted by atomic mass is 16.5. The molecule has 0 saturated carbocycles. The summed E-state index contributed by atoms with van der Waals surface area (Å²) in [5.74, 6) is -0.600. The molecule has 2 aromatic rings. The van der Waals surface area contributed by atoms with Crippen molar-refractivity contribution < 1.29 is 19.1 Å². The number of hydrogen-bond acceptors (Lipinski definition) is 9. The topological polar surface area (TPSA) is 148 Å². The maximum Gasteiger partial charge on any atom is 0.323 e. The molecule has 0 aliphatic heterocycles. The van der Waals surface area contributed by atoms with E-state index in [1.807, 2.05) is 18.4 Å². The molecular weight excluding hydrogens is 520 g/mol. The van der Waals surface area contributed by atoms with Crippen LogP contribution in [0.2, 0.25) is 0 Å². The summed E-state index contributed by atoms with van der Waals surface area (Å²) in [5.41, 5.74) is 12.9. The lowest BCUT2D eigenvalue weighted by Crippen LogP contribution is -2.37. The van der Waals surface area contributed by atoms with Crippen LogP contribution in [0.25, 0.3) is 11.2 Å². The van der Waals surface area contributed by atoms with Gasteiger partial charge in [-0.1, -0.05) is 71.4 Å². The molecule has 2 atom stereocenters. The number of aromatic nitrogens is 4. The van der Waals surface area contributed by atoms with Gasteiger partial charge in [0.25, 0.3) is 0 Å². The van der Waals surface area contributed by atoms with Crippen molar-refractivity contribution >= 4 is 29.1 Å². The number of carbonyl (C=O) groups is 2. The number of ether oxygens (including phenoxy) is 2. The second-order valence-corrected chi connectivity index (χ2v) is 11.2. The number of rotatable bonds is 22. The molecule has 2 heterocycles. The Hall–Kier alpha value is -3.01. The van der Waals surface area contributed by atoms with E-state index in [1.165, 1.54) is 44.9 Å². The fraction of sp³-hybridized carbons (Fsp3) is 0.710. The van der Waals surface area contributed by atoms with E-state index in [9.17, 15) is 9.59 Å². The Morgan fingerprint density at radius 1 is 0.976 bits per heavy atom. The molecular formula is C31H52N6O4. The standard InChI is InChI=1S/C31H52N6O4/c1-4-5-6-7-8-9-10-11-12-13-14-15-16-17-27(38)41-22-25(18-19-40-30(39)28(32)24(2)3)21-37-23-35-26-20-34-31(33)36-29(26)37/h9-10,20,23-25,28H,4-8,11-19,21-22,32H2,1-3H3,(H2,33,34,36)/t25-,28+/m1/s1. The molecule has 0 spiro atoms. The van der Waals surface area contributed by atoms with Gasteiger partial charge in [-0.25, -0.2) is 9.97 Å². The molecule has 230 valence electrons. The van der Waals surface area contributed by atoms with Gasteiger partial charge in [0.1, 0.15) is 11.6 Å². The maximum atomic E-state index is 12.5. The van der Waals surface area contributed by atoms with E-state index >= 15 is 0 Å². The zero-order chi connectivity index (χ0) is 29.9. The van der Waals surface area contributed by atoms with Crippen molar-refractivity contribution in [2.75, 3.05) is 18.9 Å². The highest BCUT2D eigenvalue weighted by Crippen LogP contribution is 2.16. The van der Waals surface area contributed by atoms with Gasteiger partial charge in [0.05, 0.1) is 25.7 Å². The summed E-state index contributed by atoms with van der Waals surface area (Å²) in [6.07, 6.45) is 21.7. The minimum Gasteiger partial charge on any atom is -0.465 e. The first-order chi connectivity index (χ1) is 19.8. The molecule has 0 aromatic carbocycles. The van der Waals surface area contributed by atoms with Crippen LogP contribution in [0.3, 0.4) is 0 Å². The summed E-state index contributed by atoms with van der Waals surface area (Å²) in [4.78, 5) is 37.2. The first kappa shape index (κ1) is 34.2. The lowest BCUT2D eigenvalue weighted by atomic mass is 10.1. The van der Waals surface area contributed by atoms with Crippen molar-refractivity contribution in [2.24, 2.45) is 17.6 Å². The first-order valence-electron chi connectivity index (χ1n) is 15.5. The molecule has 0 bridgehead atoms. The first-order valence-corrected chi connectivity index (χ1v) is 15.5. The number of carbonyl (C=O) groups excluding carboxylic acids is 2. The third-order valence-electron chi connectivity index (χ3n) is 7.22. The average molecular weight is 573 g/mol. The summed E-state index contributed by atoms with van der Waals surface area (Å²) < 4.78 is 12.9. The van der Waals surface area contributed by atoms with Crippen LogP contribution in [0.15, 0.2) is 24.7 Å². The van der Waals surface area contributed by atoms with Gasteiger partial charge in [-0.3, -0.25) is 9.59 Å². The zero-order valence-corrected chi connectivity index (χ0v) is 25.4. The Morgan fingerprint density at radius 2 is 1.66 bits per heavy atom. The van der Waals surface area contributed by atoms with Gasteiger partial charge >= 0.3 is 11.9 Å². The average Bonchev–Trinajstić information content (AvgIpc) is 3.34. The molecule has 0 fully saturated rings. The van der Waals surface area contributed by atoms with Crippen LogP contribution >= 0.6 is 0 Å². The fourth-order valence-electron chi connectivity index (χ4n) is 4.47. The number of unbranched alkanes of at least 4 members (excludes halogenated alkanes) is 9. The van der Waals surface area contributed by atoms with Crippen molar-refractivity contribution in [1.82, 2.24) is 19.5 Å². The number of hydrogen-bond donors (Lipinski definition) is 2. The van der Waals surface area contributed by atoms with Gasteiger partial charge in [0.2, 0.25) is 5.95 Å². The van der Waals surface area contributed by atoms with Crippen LogP contribution in [-0.2, 0) is 25.6 Å². The summed E-state index contributed by atoms with van der Waals surface area (Å²) in [6, 6.07) is -0.666. The van der Waals surface area contributed by atoms with E-state index < -0.39 is 12.0 Å². The predicted molar refractivity (Wildman–Crippen MR) is 163 cm³/mol. The van der Waals surface area contributed by atoms with Gasteiger partial charge < -0.3 is 25.5 Å². The lowest BCUT2D eigenvalue weighted by molar-refractivity contribution is -0.149. The molecule has 41 heavy (non-hydrogen) atoms. The van der Waals surface area contributed by atoms with Crippen LogP contribution in [0.1, 0.15) is 104 Å². The molecule has 0 unspecified atom stereocenters. The molecule has 0 amide bonds. The minimum absolute atomic E-state index is 0.0105. The second kappa shape index (κ2) is 20.0. The van der Waals surface area contributed by atoms with Crippen molar-refractivity contribution in [1.29, 1.82) is 0 Å². The largest absolute Gasteiger partial charge is 0.465 e. The SMILES string of the molecule is CCCCCCC=CCCCCCCCC(=O)OC[C@H](CCOC(=O)[C@@H](N)C(C)C)Cn1cnc2cnc(N)nc21. The molecule has 10 heteroatoms. The summed E-state index contributed by atoms with van der Waals surface area (Å²) in [6.45, 7) is 6.85. The summed E-state index contributed by atoms with van der Waals surface area (Å²) in [5, 5.41) is 0. The van der Waals surface area contributed by atoms with Crippen molar-refractivity contribution in [2.45, 2.75) is 117 Å². The molecule has 10 nitrogen and oxygen atoms in total. The molecule has 4 N–H and O–H groups in total. The Morgan fingerprint density at radius 3 is 2.37 bits per heavy atom. The van der Waals surface area contributed by atoms with E-state index in [2.05, 4.69) is 34.0 Å². The quantitative estimate of drug-likeness (QED) is 0.102. The fourth-order valence-corrected chi connectivity index (χ4v) is 4.47. The number of fused-ring (bicyclic) bond motifs is 1. The van der Waals surface area contributed by atoms with Crippen molar-refractivity contribution in [3.63, 3.8) is 0 Å². The van der Waals surface area contributed by atoms with E-state index in [1.54, 1.807) is 12.5 Å². The van der Waals surface area contributed by atoms with Crippen LogP contribution in [0.5, 0.6) is 0 Å². The molecule has 0 aliphatic carbocycles. The number of allylic oxidation sites excluding steroid dienone is 2. The van der Waals surface area contributed by atoms with Gasteiger partial charge in [-0.15, -0.1) is 0 Å². The number of nitrogen functional groups attached to an aromatic ring is 1. The van der Waals surface area contributed by atoms with Crippen molar-refractivity contribution in [3.05, 3.63) is 24.7 Å². The Kier molecular flexibility index (Phi) is 16.6. The second-order valence-electron chi connectivity index (χ2n) is 11.2. The van der Waals surface area contributed by atoms with Crippen LogP contribution in [-0.4, -0.2) is 50.7 Å². The zero-order valence-electron chi connectivity index (χ0n) is 25.4. The molecule has 0 radical (unpaired) electrons. The van der Waals surface area contributed by atoms with Crippen LogP contribution in [0.4, 0.5) is 5.95 Å². The summed E-state index contributed by atoms with van der Waals surface area (Å²) >= 11 is 0. The number of nitrogens with zero attached hydrogens (tertiary/aromatic N) is 4. The van der Waals surface area contributed by atoms with Gasteiger partial charge in [-0.05, 0) is 44.4 Å². The third-order valence-corrected chi connectivity index (χ3v) is 7.22. The van der Waals surface area contributed by atoms with Crippen molar-refractivity contribution in [3.8, 4) is 0 Å². The number of nitrogens with two attached hydrogens (primary N) is 2. The molecule has 2 rings (SSSR count). The predicted octanol–water partition coefficient (Wildman–Crippen LogP) is 5.74. The van der Waals surface area contributed by atoms with Gasteiger partial charge in [0, 0.05) is 18.9 Å². The maximum absolute atomic E-state index is 12.5. The Labute approximate surface area is 245 Å². The molecule has 0 aliphatic rings. The number of imidazole rings is 1. The van der Waals surface area contributed by atoms with Crippen LogP contribution in [0, 0.1) is 11.8 Å². The minimum atomic E-state index is -0.666. The highest BCUT2D eigenvalue weighted by molar-refractivity contribution is 5.75. The van der Waals surface area contributed by atoms with Gasteiger partial charge in [0.15, 0.2) is 5.65 Å². The Balaban J connectivity index is 1.72. The highest BCUT2D eigenvalue weighted by Gasteiger charge is 2.21. The monoisotopic (exact) mass is 572 g/mol. The van der Waals surface area contributed by atoms with Crippen LogP contribution < -0.4 is 11.5 Å². The molecule has 0 saturated heterocycles. The smallest absolute Gasteiger partial charge is 0.323 e. The van der Waals surface area contributed by atoms with E-state index in [0.29, 0.717) is 30.6 Å². The lowest BCUT2D eigenvalue weighted by Gasteiger charge is -2.19. The van der Waals surface area contributed by atoms with E-state index in [0.717, 1.165) is 25.7 Å². The van der Waals surface area contributed by atoms with Gasteiger partial charge in [-0.2, -0.15) is 4.98 Å². The Bertz CT molecular complexity index is 1050. The third kappa shape index (κ3) is 13.9. The normalized spacial score (nSPS) is 13.2. The van der Waals surface area contributed by atoms with E-state index in [-0.39, 0.29) is 37.0 Å². The summed E-state index contributed by atoms with van der Waals surface area (Å²) in [7, 11) is 0. The van der Waals surface area contributed by atoms with E-state index in [4.69, 9.17) is 20.9 Å². The number of esters is 2. The number of anilines is 1.